The molecule has 0 radical (unpaired) electrons. The normalized spacial score (nSPS) is 12.7. The third kappa shape index (κ3) is 4.65. The van der Waals surface area contributed by atoms with Crippen LogP contribution in [0.25, 0.3) is 0 Å². The van der Waals surface area contributed by atoms with Gasteiger partial charge in [0.15, 0.2) is 0 Å². The van der Waals surface area contributed by atoms with E-state index in [0.29, 0.717) is 11.7 Å². The second-order valence-electron chi connectivity index (χ2n) is 4.48. The van der Waals surface area contributed by atoms with Crippen molar-refractivity contribution in [1.29, 1.82) is 0 Å². The van der Waals surface area contributed by atoms with Crippen LogP contribution in [-0.2, 0) is 0 Å². The average molecular weight is 236 g/mol. The van der Waals surface area contributed by atoms with Gasteiger partial charge in [0, 0.05) is 12.6 Å². The van der Waals surface area contributed by atoms with Crippen LogP contribution in [0.5, 0.6) is 5.75 Å². The van der Waals surface area contributed by atoms with Gasteiger partial charge in [0.2, 0.25) is 0 Å². The van der Waals surface area contributed by atoms with Gasteiger partial charge in [-0.05, 0) is 38.9 Å². The molecule has 96 valence electrons. The lowest BCUT2D eigenvalue weighted by Crippen LogP contribution is -2.30. The summed E-state index contributed by atoms with van der Waals surface area (Å²) in [5.41, 5.74) is 6.51. The fourth-order valence-corrected chi connectivity index (χ4v) is 1.64. The highest BCUT2D eigenvalue weighted by atomic mass is 16.5. The van der Waals surface area contributed by atoms with Crippen molar-refractivity contribution in [2.45, 2.75) is 32.7 Å². The summed E-state index contributed by atoms with van der Waals surface area (Å²) in [7, 11) is 2.16. The number of nitrogens with zero attached hydrogens (tertiary/aromatic N) is 1. The van der Waals surface area contributed by atoms with Crippen molar-refractivity contribution in [3.8, 4) is 5.75 Å². The monoisotopic (exact) mass is 236 g/mol. The van der Waals surface area contributed by atoms with Crippen LogP contribution < -0.4 is 10.5 Å². The SMILES string of the molecule is CCC(C)N(C)CCCOc1ccccc1N. The first-order valence-electron chi connectivity index (χ1n) is 6.32. The highest BCUT2D eigenvalue weighted by molar-refractivity contribution is 5.51. The van der Waals surface area contributed by atoms with Gasteiger partial charge < -0.3 is 15.4 Å². The molecule has 0 aliphatic carbocycles. The summed E-state index contributed by atoms with van der Waals surface area (Å²) in [5.74, 6) is 0.790. The largest absolute Gasteiger partial charge is 0.491 e. The zero-order chi connectivity index (χ0) is 12.7. The standard InChI is InChI=1S/C14H24N2O/c1-4-12(2)16(3)10-7-11-17-14-9-6-5-8-13(14)15/h5-6,8-9,12H,4,7,10-11,15H2,1-3H3. The zero-order valence-electron chi connectivity index (χ0n) is 11.1. The lowest BCUT2D eigenvalue weighted by Gasteiger charge is -2.23. The summed E-state index contributed by atoms with van der Waals surface area (Å²) >= 11 is 0. The number of benzene rings is 1. The van der Waals surface area contributed by atoms with Crippen LogP contribution in [0.3, 0.4) is 0 Å². The minimum absolute atomic E-state index is 0.636. The molecule has 1 atom stereocenters. The van der Waals surface area contributed by atoms with Gasteiger partial charge >= 0.3 is 0 Å². The number of para-hydroxylation sites is 2. The molecule has 0 saturated heterocycles. The van der Waals surface area contributed by atoms with Crippen molar-refractivity contribution in [2.24, 2.45) is 0 Å². The maximum atomic E-state index is 5.80. The average Bonchev–Trinajstić information content (AvgIpc) is 2.35. The first kappa shape index (κ1) is 13.8. The molecule has 1 aromatic carbocycles. The van der Waals surface area contributed by atoms with E-state index in [1.807, 2.05) is 24.3 Å². The van der Waals surface area contributed by atoms with Gasteiger partial charge in [0.05, 0.1) is 12.3 Å². The second kappa shape index (κ2) is 7.17. The highest BCUT2D eigenvalue weighted by Crippen LogP contribution is 2.19. The molecule has 0 bridgehead atoms. The predicted molar refractivity (Wildman–Crippen MR) is 73.3 cm³/mol. The molecule has 1 rings (SSSR count). The molecular formula is C14H24N2O. The summed E-state index contributed by atoms with van der Waals surface area (Å²) in [6.45, 7) is 6.23. The quantitative estimate of drug-likeness (QED) is 0.584. The molecule has 1 aromatic rings. The van der Waals surface area contributed by atoms with Crippen LogP contribution in [0.2, 0.25) is 0 Å². The third-order valence-electron chi connectivity index (χ3n) is 3.18. The van der Waals surface area contributed by atoms with E-state index < -0.39 is 0 Å². The van der Waals surface area contributed by atoms with Crippen LogP contribution in [0.15, 0.2) is 24.3 Å². The van der Waals surface area contributed by atoms with Crippen LogP contribution in [-0.4, -0.2) is 31.1 Å². The van der Waals surface area contributed by atoms with E-state index in [1.54, 1.807) is 0 Å². The molecule has 0 saturated carbocycles. The lowest BCUT2D eigenvalue weighted by atomic mass is 10.2. The van der Waals surface area contributed by atoms with Crippen LogP contribution in [0.4, 0.5) is 5.69 Å². The molecule has 0 aromatic heterocycles. The summed E-state index contributed by atoms with van der Waals surface area (Å²) in [6.07, 6.45) is 2.21. The van der Waals surface area contributed by atoms with Crippen molar-refractivity contribution >= 4 is 5.69 Å². The van der Waals surface area contributed by atoms with E-state index in [4.69, 9.17) is 10.5 Å². The number of hydrogen-bond acceptors (Lipinski definition) is 3. The van der Waals surface area contributed by atoms with Crippen molar-refractivity contribution in [3.05, 3.63) is 24.3 Å². The molecule has 0 aliphatic rings. The highest BCUT2D eigenvalue weighted by Gasteiger charge is 2.06. The molecule has 0 aliphatic heterocycles. The lowest BCUT2D eigenvalue weighted by molar-refractivity contribution is 0.221. The molecule has 3 nitrogen and oxygen atoms in total. The summed E-state index contributed by atoms with van der Waals surface area (Å²) in [4.78, 5) is 2.36. The molecular weight excluding hydrogens is 212 g/mol. The van der Waals surface area contributed by atoms with Crippen LogP contribution in [0.1, 0.15) is 26.7 Å². The Balaban J connectivity index is 2.23. The topological polar surface area (TPSA) is 38.5 Å². The van der Waals surface area contributed by atoms with E-state index in [1.165, 1.54) is 6.42 Å². The Hall–Kier alpha value is -1.22. The van der Waals surface area contributed by atoms with Crippen LogP contribution >= 0.6 is 0 Å². The van der Waals surface area contributed by atoms with Gasteiger partial charge in [0.25, 0.3) is 0 Å². The fraction of sp³-hybridized carbons (Fsp3) is 0.571. The smallest absolute Gasteiger partial charge is 0.142 e. The van der Waals surface area contributed by atoms with Crippen LogP contribution in [0, 0.1) is 0 Å². The summed E-state index contributed by atoms with van der Waals surface area (Å²) in [6, 6.07) is 8.27. The molecule has 3 heteroatoms. The Kier molecular flexibility index (Phi) is 5.84. The molecule has 2 N–H and O–H groups in total. The van der Waals surface area contributed by atoms with E-state index >= 15 is 0 Å². The Morgan fingerprint density at radius 3 is 2.71 bits per heavy atom. The van der Waals surface area contributed by atoms with Gasteiger partial charge in [0.1, 0.15) is 5.75 Å². The maximum Gasteiger partial charge on any atom is 0.142 e. The molecule has 0 spiro atoms. The molecule has 1 unspecified atom stereocenters. The van der Waals surface area contributed by atoms with Crippen molar-refractivity contribution in [1.82, 2.24) is 4.90 Å². The van der Waals surface area contributed by atoms with Gasteiger partial charge in [-0.15, -0.1) is 0 Å². The molecule has 0 heterocycles. The Morgan fingerprint density at radius 2 is 2.06 bits per heavy atom. The zero-order valence-corrected chi connectivity index (χ0v) is 11.1. The minimum atomic E-state index is 0.636. The van der Waals surface area contributed by atoms with E-state index in [-0.39, 0.29) is 0 Å². The number of nitrogens with two attached hydrogens (primary N) is 1. The first-order valence-corrected chi connectivity index (χ1v) is 6.32. The number of ether oxygens (including phenoxy) is 1. The number of anilines is 1. The number of hydrogen-bond donors (Lipinski definition) is 1. The van der Waals surface area contributed by atoms with Gasteiger partial charge in [-0.1, -0.05) is 19.1 Å². The molecule has 0 fully saturated rings. The van der Waals surface area contributed by atoms with E-state index in [9.17, 15) is 0 Å². The molecule has 0 amide bonds. The van der Waals surface area contributed by atoms with Crippen molar-refractivity contribution < 1.29 is 4.74 Å². The Morgan fingerprint density at radius 1 is 1.35 bits per heavy atom. The van der Waals surface area contributed by atoms with Gasteiger partial charge in [-0.2, -0.15) is 0 Å². The van der Waals surface area contributed by atoms with E-state index in [2.05, 4.69) is 25.8 Å². The van der Waals surface area contributed by atoms with Crippen molar-refractivity contribution in [3.63, 3.8) is 0 Å². The Labute approximate surface area is 105 Å². The third-order valence-corrected chi connectivity index (χ3v) is 3.18. The van der Waals surface area contributed by atoms with Crippen molar-refractivity contribution in [2.75, 3.05) is 25.9 Å². The minimum Gasteiger partial charge on any atom is -0.491 e. The van der Waals surface area contributed by atoms with Gasteiger partial charge in [-0.25, -0.2) is 0 Å². The summed E-state index contributed by atoms with van der Waals surface area (Å²) in [5, 5.41) is 0. The first-order chi connectivity index (χ1) is 8.15. The molecule has 17 heavy (non-hydrogen) atoms. The maximum absolute atomic E-state index is 5.80. The van der Waals surface area contributed by atoms with Gasteiger partial charge in [-0.3, -0.25) is 0 Å². The summed E-state index contributed by atoms with van der Waals surface area (Å²) < 4.78 is 5.65. The number of rotatable bonds is 7. The second-order valence-corrected chi connectivity index (χ2v) is 4.48. The predicted octanol–water partition coefficient (Wildman–Crippen LogP) is 2.77. The van der Waals surface area contributed by atoms with E-state index in [0.717, 1.165) is 25.3 Å². The fourth-order valence-electron chi connectivity index (χ4n) is 1.64. The number of nitrogen functional groups attached to an aromatic ring is 1. The Bertz CT molecular complexity index is 328.